The lowest BCUT2D eigenvalue weighted by atomic mass is 9.86. The maximum atomic E-state index is 12.6. The van der Waals surface area contributed by atoms with E-state index < -0.39 is 9.84 Å². The summed E-state index contributed by atoms with van der Waals surface area (Å²) < 4.78 is 24.8. The zero-order valence-electron chi connectivity index (χ0n) is 15.4. The number of hydrogen-bond donors (Lipinski definition) is 0. The van der Waals surface area contributed by atoms with Gasteiger partial charge in [-0.05, 0) is 23.8 Å². The molecule has 0 radical (unpaired) electrons. The molecular formula is C19H29NO3S2. The fourth-order valence-electron chi connectivity index (χ4n) is 3.10. The van der Waals surface area contributed by atoms with E-state index in [0.29, 0.717) is 13.0 Å². The van der Waals surface area contributed by atoms with Gasteiger partial charge in [-0.25, -0.2) is 8.42 Å². The molecule has 140 valence electrons. The van der Waals surface area contributed by atoms with Crippen molar-refractivity contribution < 1.29 is 13.2 Å². The highest BCUT2D eigenvalue weighted by Crippen LogP contribution is 2.31. The van der Waals surface area contributed by atoms with Gasteiger partial charge >= 0.3 is 0 Å². The van der Waals surface area contributed by atoms with Crippen LogP contribution in [-0.4, -0.2) is 54.8 Å². The Morgan fingerprint density at radius 1 is 1.24 bits per heavy atom. The van der Waals surface area contributed by atoms with Crippen LogP contribution in [-0.2, 0) is 21.1 Å². The normalized spacial score (nSPS) is 19.0. The highest BCUT2D eigenvalue weighted by atomic mass is 32.2. The monoisotopic (exact) mass is 383 g/mol. The summed E-state index contributed by atoms with van der Waals surface area (Å²) in [6.07, 6.45) is 1.28. The van der Waals surface area contributed by atoms with Gasteiger partial charge in [0.15, 0.2) is 9.84 Å². The van der Waals surface area contributed by atoms with Crippen LogP contribution in [0.2, 0.25) is 0 Å². The molecule has 6 heteroatoms. The minimum absolute atomic E-state index is 0.0415. The molecule has 0 spiro atoms. The number of nitrogens with zero attached hydrogens (tertiary/aromatic N) is 1. The number of rotatable bonds is 6. The molecule has 2 rings (SSSR count). The van der Waals surface area contributed by atoms with E-state index in [0.717, 1.165) is 23.5 Å². The smallest absolute Gasteiger partial charge is 0.238 e. The van der Waals surface area contributed by atoms with E-state index in [4.69, 9.17) is 0 Å². The number of carbonyl (C=O) groups is 1. The Balaban J connectivity index is 1.91. The Labute approximate surface area is 156 Å². The van der Waals surface area contributed by atoms with Gasteiger partial charge in [-0.1, -0.05) is 51.1 Å². The maximum absolute atomic E-state index is 12.6. The third-order valence-corrected chi connectivity index (χ3v) is 7.18. The van der Waals surface area contributed by atoms with E-state index >= 15 is 0 Å². The van der Waals surface area contributed by atoms with Crippen molar-refractivity contribution in [3.05, 3.63) is 35.9 Å². The SMILES string of the molecule is CC(C)(C)C1CSCCN1C(=O)CS(=O)(=O)CCCc1ccccc1. The van der Waals surface area contributed by atoms with E-state index in [1.165, 1.54) is 0 Å². The molecule has 4 nitrogen and oxygen atoms in total. The quantitative estimate of drug-likeness (QED) is 0.758. The Bertz CT molecular complexity index is 666. The van der Waals surface area contributed by atoms with Crippen molar-refractivity contribution in [2.75, 3.05) is 29.6 Å². The van der Waals surface area contributed by atoms with Gasteiger partial charge in [-0.15, -0.1) is 0 Å². The predicted molar refractivity (Wildman–Crippen MR) is 106 cm³/mol. The second-order valence-electron chi connectivity index (χ2n) is 7.73. The summed E-state index contributed by atoms with van der Waals surface area (Å²) in [5.74, 6) is 1.23. The lowest BCUT2D eigenvalue weighted by Crippen LogP contribution is -2.53. The number of benzene rings is 1. The summed E-state index contributed by atoms with van der Waals surface area (Å²) in [5, 5.41) is 0. The molecule has 1 aliphatic heterocycles. The van der Waals surface area contributed by atoms with Crippen molar-refractivity contribution in [3.8, 4) is 0 Å². The van der Waals surface area contributed by atoms with Crippen LogP contribution >= 0.6 is 11.8 Å². The first kappa shape index (κ1) is 20.3. The second kappa shape index (κ2) is 8.58. The third-order valence-electron chi connectivity index (χ3n) is 4.56. The molecule has 1 fully saturated rings. The topological polar surface area (TPSA) is 54.5 Å². The van der Waals surface area contributed by atoms with E-state index in [-0.39, 0.29) is 28.9 Å². The summed E-state index contributed by atoms with van der Waals surface area (Å²) in [6, 6.07) is 9.94. The summed E-state index contributed by atoms with van der Waals surface area (Å²) in [4.78, 5) is 14.4. The minimum atomic E-state index is -3.37. The predicted octanol–water partition coefficient (Wildman–Crippen LogP) is 3.02. The Kier molecular flexibility index (Phi) is 6.97. The Morgan fingerprint density at radius 3 is 2.56 bits per heavy atom. The van der Waals surface area contributed by atoms with Crippen molar-refractivity contribution in [3.63, 3.8) is 0 Å². The van der Waals surface area contributed by atoms with Crippen LogP contribution in [0.1, 0.15) is 32.8 Å². The van der Waals surface area contributed by atoms with E-state index in [1.807, 2.05) is 42.1 Å². The van der Waals surface area contributed by atoms with Gasteiger partial charge in [0.25, 0.3) is 0 Å². The number of sulfone groups is 1. The van der Waals surface area contributed by atoms with Crippen LogP contribution in [0.5, 0.6) is 0 Å². The lowest BCUT2D eigenvalue weighted by molar-refractivity contribution is -0.132. The van der Waals surface area contributed by atoms with Crippen LogP contribution in [0.15, 0.2) is 30.3 Å². The van der Waals surface area contributed by atoms with E-state index in [9.17, 15) is 13.2 Å². The molecule has 1 heterocycles. The summed E-state index contributed by atoms with van der Waals surface area (Å²) >= 11 is 1.84. The van der Waals surface area contributed by atoms with Gasteiger partial charge in [0.05, 0.1) is 5.75 Å². The van der Waals surface area contributed by atoms with Crippen molar-refractivity contribution in [1.82, 2.24) is 4.90 Å². The maximum Gasteiger partial charge on any atom is 0.238 e. The average molecular weight is 384 g/mol. The van der Waals surface area contributed by atoms with Gasteiger partial charge in [0.2, 0.25) is 5.91 Å². The summed E-state index contributed by atoms with van der Waals surface area (Å²) in [7, 11) is -3.37. The van der Waals surface area contributed by atoms with Crippen LogP contribution in [0.25, 0.3) is 0 Å². The zero-order chi connectivity index (χ0) is 18.5. The highest BCUT2D eigenvalue weighted by molar-refractivity contribution is 7.99. The van der Waals surface area contributed by atoms with Gasteiger partial charge in [-0.2, -0.15) is 11.8 Å². The molecule has 1 unspecified atom stereocenters. The molecule has 0 saturated carbocycles. The molecule has 0 aliphatic carbocycles. The number of hydrogen-bond acceptors (Lipinski definition) is 4. The van der Waals surface area contributed by atoms with Crippen LogP contribution in [0.3, 0.4) is 0 Å². The minimum Gasteiger partial charge on any atom is -0.337 e. The molecule has 0 aromatic heterocycles. The molecule has 0 N–H and O–H groups in total. The van der Waals surface area contributed by atoms with Crippen molar-refractivity contribution >= 4 is 27.5 Å². The summed E-state index contributed by atoms with van der Waals surface area (Å²) in [6.45, 7) is 6.97. The summed E-state index contributed by atoms with van der Waals surface area (Å²) in [5.41, 5.74) is 1.09. The first-order valence-electron chi connectivity index (χ1n) is 8.80. The second-order valence-corrected chi connectivity index (χ2v) is 11.1. The molecular weight excluding hydrogens is 354 g/mol. The fraction of sp³-hybridized carbons (Fsp3) is 0.632. The molecule has 1 saturated heterocycles. The molecule has 1 aliphatic rings. The van der Waals surface area contributed by atoms with Gasteiger partial charge in [-0.3, -0.25) is 4.79 Å². The molecule has 25 heavy (non-hydrogen) atoms. The Hall–Kier alpha value is -1.01. The van der Waals surface area contributed by atoms with Crippen LogP contribution in [0, 0.1) is 5.41 Å². The molecule has 1 atom stereocenters. The fourth-order valence-corrected chi connectivity index (χ4v) is 5.77. The van der Waals surface area contributed by atoms with Crippen molar-refractivity contribution in [2.45, 2.75) is 39.7 Å². The van der Waals surface area contributed by atoms with Crippen molar-refractivity contribution in [2.24, 2.45) is 5.41 Å². The zero-order valence-corrected chi connectivity index (χ0v) is 17.0. The number of thioether (sulfide) groups is 1. The van der Waals surface area contributed by atoms with Gasteiger partial charge in [0.1, 0.15) is 5.75 Å². The lowest BCUT2D eigenvalue weighted by Gasteiger charge is -2.43. The number of aryl methyl sites for hydroxylation is 1. The van der Waals surface area contributed by atoms with Gasteiger partial charge < -0.3 is 4.90 Å². The largest absolute Gasteiger partial charge is 0.337 e. The van der Waals surface area contributed by atoms with Crippen LogP contribution in [0.4, 0.5) is 0 Å². The van der Waals surface area contributed by atoms with Crippen LogP contribution < -0.4 is 0 Å². The molecule has 1 aromatic rings. The van der Waals surface area contributed by atoms with Gasteiger partial charge in [0, 0.05) is 24.1 Å². The Morgan fingerprint density at radius 2 is 1.92 bits per heavy atom. The van der Waals surface area contributed by atoms with E-state index in [1.54, 1.807) is 4.90 Å². The average Bonchev–Trinajstić information content (AvgIpc) is 2.54. The van der Waals surface area contributed by atoms with E-state index in [2.05, 4.69) is 20.8 Å². The number of amides is 1. The molecule has 1 amide bonds. The standard InChI is InChI=1S/C19H29NO3S2/c1-19(2,3)17-14-24-12-11-20(17)18(21)15-25(22,23)13-7-10-16-8-5-4-6-9-16/h4-6,8-9,17H,7,10-15H2,1-3H3. The first-order chi connectivity index (χ1) is 11.7. The third kappa shape index (κ3) is 6.33. The van der Waals surface area contributed by atoms with Crippen molar-refractivity contribution in [1.29, 1.82) is 0 Å². The highest BCUT2D eigenvalue weighted by Gasteiger charge is 2.36. The molecule has 0 bridgehead atoms. The molecule has 1 aromatic carbocycles. The first-order valence-corrected chi connectivity index (χ1v) is 11.8. The number of carbonyl (C=O) groups excluding carboxylic acids is 1.